The smallest absolute Gasteiger partial charge is 0.422 e. The van der Waals surface area contributed by atoms with Crippen molar-refractivity contribution >= 4 is 22.5 Å². The third kappa shape index (κ3) is 4.48. The molecule has 35 heavy (non-hydrogen) atoms. The molecule has 180 valence electrons. The van der Waals surface area contributed by atoms with Gasteiger partial charge < -0.3 is 19.1 Å². The van der Waals surface area contributed by atoms with Crippen LogP contribution in [0.2, 0.25) is 5.02 Å². The van der Waals surface area contributed by atoms with Gasteiger partial charge in [-0.1, -0.05) is 29.8 Å². The molecule has 1 atom stereocenters. The van der Waals surface area contributed by atoms with Crippen LogP contribution in [0.25, 0.3) is 10.9 Å². The van der Waals surface area contributed by atoms with Gasteiger partial charge in [0.15, 0.2) is 12.2 Å². The average molecular weight is 503 g/mol. The second-order valence-electron chi connectivity index (χ2n) is 7.69. The van der Waals surface area contributed by atoms with E-state index in [1.807, 2.05) is 6.07 Å². The van der Waals surface area contributed by atoms with Crippen molar-refractivity contribution in [1.29, 1.82) is 5.26 Å². The second-order valence-corrected chi connectivity index (χ2v) is 8.07. The van der Waals surface area contributed by atoms with E-state index in [-0.39, 0.29) is 22.0 Å². The number of nitriles is 1. The first-order chi connectivity index (χ1) is 16.6. The Morgan fingerprint density at radius 2 is 1.83 bits per heavy atom. The first-order valence-corrected chi connectivity index (χ1v) is 10.5. The quantitative estimate of drug-likeness (QED) is 0.410. The number of methoxy groups -OCH3 is 1. The summed E-state index contributed by atoms with van der Waals surface area (Å²) < 4.78 is 50.0. The lowest BCUT2D eigenvalue weighted by Crippen LogP contribution is -2.31. The van der Waals surface area contributed by atoms with Crippen LogP contribution in [0, 0.1) is 11.3 Å². The van der Waals surface area contributed by atoms with Gasteiger partial charge in [0.05, 0.1) is 47.5 Å². The van der Waals surface area contributed by atoms with E-state index in [1.54, 1.807) is 48.0 Å². The lowest BCUT2D eigenvalue weighted by Gasteiger charge is -2.30. The van der Waals surface area contributed by atoms with Gasteiger partial charge in [-0.25, -0.2) is 9.97 Å². The average Bonchev–Trinajstić information content (AvgIpc) is 3.28. The Hall–Kier alpha value is -3.81. The van der Waals surface area contributed by atoms with Crippen molar-refractivity contribution in [3.63, 3.8) is 0 Å². The minimum Gasteiger partial charge on any atom is -0.478 e. The summed E-state index contributed by atoms with van der Waals surface area (Å²) in [6.45, 7) is -1.58. The van der Waals surface area contributed by atoms with Crippen LogP contribution in [0.4, 0.5) is 13.2 Å². The van der Waals surface area contributed by atoms with Crippen LogP contribution in [0.1, 0.15) is 22.4 Å². The monoisotopic (exact) mass is 502 g/mol. The van der Waals surface area contributed by atoms with Crippen molar-refractivity contribution in [2.45, 2.75) is 11.8 Å². The minimum absolute atomic E-state index is 0.148. The van der Waals surface area contributed by atoms with Crippen molar-refractivity contribution in [2.24, 2.45) is 7.05 Å². The number of aromatic nitrogens is 3. The van der Waals surface area contributed by atoms with E-state index in [0.29, 0.717) is 27.9 Å². The molecule has 0 aliphatic carbocycles. The summed E-state index contributed by atoms with van der Waals surface area (Å²) in [5, 5.41) is 21.3. The Labute approximate surface area is 202 Å². The topological polar surface area (TPSA) is 93.2 Å². The number of rotatable bonds is 6. The van der Waals surface area contributed by atoms with Crippen molar-refractivity contribution in [1.82, 2.24) is 14.5 Å². The van der Waals surface area contributed by atoms with Gasteiger partial charge in [-0.05, 0) is 35.4 Å². The fourth-order valence-corrected chi connectivity index (χ4v) is 4.07. The van der Waals surface area contributed by atoms with Crippen molar-refractivity contribution < 1.29 is 27.8 Å². The maximum absolute atomic E-state index is 12.8. The third-order valence-electron chi connectivity index (χ3n) is 5.46. The first-order valence-electron chi connectivity index (χ1n) is 10.2. The number of ether oxygens (including phenoxy) is 2. The van der Waals surface area contributed by atoms with Gasteiger partial charge in [0.2, 0.25) is 5.75 Å². The molecule has 4 rings (SSSR count). The predicted molar refractivity (Wildman–Crippen MR) is 121 cm³/mol. The summed E-state index contributed by atoms with van der Waals surface area (Å²) in [7, 11) is 2.95. The Morgan fingerprint density at radius 3 is 2.40 bits per heavy atom. The number of hydrogen-bond acceptors (Lipinski definition) is 6. The Balaban J connectivity index is 1.93. The van der Waals surface area contributed by atoms with Crippen LogP contribution >= 0.6 is 11.6 Å². The van der Waals surface area contributed by atoms with Gasteiger partial charge >= 0.3 is 6.18 Å². The molecule has 1 unspecified atom stereocenters. The predicted octanol–water partition coefficient (Wildman–Crippen LogP) is 4.73. The van der Waals surface area contributed by atoms with Crippen LogP contribution in [0.3, 0.4) is 0 Å². The number of benzene rings is 2. The molecule has 0 saturated carbocycles. The van der Waals surface area contributed by atoms with Crippen molar-refractivity contribution in [3.8, 4) is 17.7 Å². The maximum atomic E-state index is 12.8. The summed E-state index contributed by atoms with van der Waals surface area (Å²) in [4.78, 5) is 8.33. The highest BCUT2D eigenvalue weighted by atomic mass is 35.5. The largest absolute Gasteiger partial charge is 0.478 e. The standard InChI is InChI=1S/C24H18ClF3N4O3/c1-32-13-30-11-19(32)24(33,15-5-3-14(10-29)4-6-15)16-7-8-18-17(9-16)20(25)21(22(31-18)34-2)35-12-23(26,27)28/h3-9,11,13,33H,12H2,1-2H3. The molecule has 0 radical (unpaired) electrons. The number of halogens is 4. The number of fused-ring (bicyclic) bond motifs is 1. The molecule has 0 saturated heterocycles. The number of aliphatic hydroxyl groups is 1. The van der Waals surface area contributed by atoms with Gasteiger partial charge in [-0.3, -0.25) is 0 Å². The molecular formula is C24H18ClF3N4O3. The van der Waals surface area contributed by atoms with Gasteiger partial charge in [0.25, 0.3) is 5.88 Å². The van der Waals surface area contributed by atoms with E-state index < -0.39 is 18.4 Å². The van der Waals surface area contributed by atoms with E-state index in [9.17, 15) is 18.3 Å². The van der Waals surface area contributed by atoms with Gasteiger partial charge in [-0.2, -0.15) is 18.4 Å². The molecule has 0 amide bonds. The summed E-state index contributed by atoms with van der Waals surface area (Å²) in [5.74, 6) is -0.563. The molecule has 0 bridgehead atoms. The highest BCUT2D eigenvalue weighted by Gasteiger charge is 2.37. The van der Waals surface area contributed by atoms with Crippen LogP contribution in [0.15, 0.2) is 55.0 Å². The van der Waals surface area contributed by atoms with Crippen molar-refractivity contribution in [3.05, 3.63) is 82.4 Å². The van der Waals surface area contributed by atoms with E-state index in [1.165, 1.54) is 25.7 Å². The molecule has 2 heterocycles. The first kappa shape index (κ1) is 24.3. The minimum atomic E-state index is -4.60. The number of imidazole rings is 1. The van der Waals surface area contributed by atoms with E-state index in [0.717, 1.165) is 0 Å². The van der Waals surface area contributed by atoms with E-state index in [4.69, 9.17) is 26.3 Å². The molecule has 2 aromatic heterocycles. The van der Waals surface area contributed by atoms with Crippen LogP contribution in [-0.2, 0) is 12.6 Å². The number of nitrogens with zero attached hydrogens (tertiary/aromatic N) is 4. The molecule has 11 heteroatoms. The van der Waals surface area contributed by atoms with Gasteiger partial charge in [0, 0.05) is 12.4 Å². The fraction of sp³-hybridized carbons (Fsp3) is 0.208. The second kappa shape index (κ2) is 9.09. The van der Waals surface area contributed by atoms with E-state index in [2.05, 4.69) is 9.97 Å². The molecule has 0 fully saturated rings. The Morgan fingerprint density at radius 1 is 1.14 bits per heavy atom. The number of alkyl halides is 3. The van der Waals surface area contributed by atoms with Crippen LogP contribution in [0.5, 0.6) is 11.6 Å². The number of aryl methyl sites for hydroxylation is 1. The normalized spacial score (nSPS) is 13.3. The number of hydrogen-bond donors (Lipinski definition) is 1. The lowest BCUT2D eigenvalue weighted by molar-refractivity contribution is -0.153. The zero-order chi connectivity index (χ0) is 25.4. The molecule has 0 aliphatic heterocycles. The molecular weight excluding hydrogens is 485 g/mol. The fourth-order valence-electron chi connectivity index (χ4n) is 3.78. The Kier molecular flexibility index (Phi) is 6.32. The van der Waals surface area contributed by atoms with Gasteiger partial charge in [-0.15, -0.1) is 0 Å². The molecule has 0 spiro atoms. The summed E-state index contributed by atoms with van der Waals surface area (Å²) in [5.41, 5.74) is 0.170. The maximum Gasteiger partial charge on any atom is 0.422 e. The molecule has 1 N–H and O–H groups in total. The van der Waals surface area contributed by atoms with E-state index >= 15 is 0 Å². The Bertz CT molecular complexity index is 1430. The van der Waals surface area contributed by atoms with Crippen LogP contribution < -0.4 is 9.47 Å². The lowest BCUT2D eigenvalue weighted by atomic mass is 9.82. The SMILES string of the molecule is COc1nc2ccc(C(O)(c3ccc(C#N)cc3)c3cncn3C)cc2c(Cl)c1OCC(F)(F)F. The molecule has 4 aromatic rings. The molecule has 7 nitrogen and oxygen atoms in total. The zero-order valence-electron chi connectivity index (χ0n) is 18.5. The summed E-state index contributed by atoms with van der Waals surface area (Å²) in [6, 6.07) is 13.1. The third-order valence-corrected chi connectivity index (χ3v) is 5.83. The van der Waals surface area contributed by atoms with Crippen molar-refractivity contribution in [2.75, 3.05) is 13.7 Å². The summed E-state index contributed by atoms with van der Waals surface area (Å²) >= 11 is 6.47. The highest BCUT2D eigenvalue weighted by molar-refractivity contribution is 6.37. The number of pyridine rings is 1. The molecule has 2 aromatic carbocycles. The highest BCUT2D eigenvalue weighted by Crippen LogP contribution is 2.43. The van der Waals surface area contributed by atoms with Gasteiger partial charge in [0.1, 0.15) is 0 Å². The van der Waals surface area contributed by atoms with Crippen LogP contribution in [-0.4, -0.2) is 39.5 Å². The zero-order valence-corrected chi connectivity index (χ0v) is 19.2. The molecule has 0 aliphatic rings. The summed E-state index contributed by atoms with van der Waals surface area (Å²) in [6.07, 6.45) is -1.58.